The number of hydrogen-bond acceptors (Lipinski definition) is 3. The molecule has 0 radical (unpaired) electrons. The van der Waals surface area contributed by atoms with Crippen molar-refractivity contribution in [1.82, 2.24) is 9.80 Å². The highest BCUT2D eigenvalue weighted by atomic mass is 79.9. The molecule has 6 nitrogen and oxygen atoms in total. The van der Waals surface area contributed by atoms with Crippen molar-refractivity contribution in [3.63, 3.8) is 0 Å². The molecular weight excluding hydrogens is 362 g/mol. The highest BCUT2D eigenvalue weighted by molar-refractivity contribution is 9.10. The average Bonchev–Trinajstić information content (AvgIpc) is 3.20. The van der Waals surface area contributed by atoms with Gasteiger partial charge in [0.05, 0.1) is 0 Å². The molecule has 1 aromatic rings. The Balaban J connectivity index is 1.55. The van der Waals surface area contributed by atoms with Crippen LogP contribution >= 0.6 is 15.9 Å². The van der Waals surface area contributed by atoms with Gasteiger partial charge in [0.15, 0.2) is 0 Å². The minimum Gasteiger partial charge on any atom is -0.465 e. The summed E-state index contributed by atoms with van der Waals surface area (Å²) in [4.78, 5) is 31.4. The summed E-state index contributed by atoms with van der Waals surface area (Å²) in [6.45, 7) is 1.51. The van der Waals surface area contributed by atoms with Crippen LogP contribution in [0.15, 0.2) is 33.7 Å². The first kappa shape index (κ1) is 14.7. The molecule has 0 aromatic heterocycles. The summed E-state index contributed by atoms with van der Waals surface area (Å²) in [5.74, 6) is 0.988. The fraction of sp³-hybridized carbons (Fsp3) is 0.438. The van der Waals surface area contributed by atoms with Gasteiger partial charge < -0.3 is 10.0 Å². The third-order valence-corrected chi connectivity index (χ3v) is 5.24. The van der Waals surface area contributed by atoms with Crippen molar-refractivity contribution >= 4 is 33.8 Å². The lowest BCUT2D eigenvalue weighted by molar-refractivity contribution is -0.129. The molecule has 2 amide bonds. The molecule has 0 atom stereocenters. The number of carboxylic acid groups (broad SMARTS) is 1. The molecule has 4 rings (SSSR count). The molecule has 1 N–H and O–H groups in total. The van der Waals surface area contributed by atoms with Gasteiger partial charge in [-0.05, 0) is 25.0 Å². The van der Waals surface area contributed by atoms with E-state index in [-0.39, 0.29) is 11.8 Å². The Morgan fingerprint density at radius 1 is 1.30 bits per heavy atom. The van der Waals surface area contributed by atoms with Gasteiger partial charge in [0.2, 0.25) is 0 Å². The number of rotatable bonds is 3. The number of halogens is 1. The first-order chi connectivity index (χ1) is 11.0. The fourth-order valence-electron chi connectivity index (χ4n) is 3.19. The minimum absolute atomic E-state index is 0.0733. The average molecular weight is 378 g/mol. The third kappa shape index (κ3) is 2.43. The summed E-state index contributed by atoms with van der Waals surface area (Å²) in [5, 5.41) is 8.93. The molecule has 7 heteroatoms. The van der Waals surface area contributed by atoms with Crippen LogP contribution in [-0.2, 0) is 4.79 Å². The van der Waals surface area contributed by atoms with Crippen molar-refractivity contribution < 1.29 is 14.7 Å². The molecule has 1 saturated heterocycles. The topological polar surface area (TPSA) is 73.2 Å². The van der Waals surface area contributed by atoms with Crippen molar-refractivity contribution in [2.45, 2.75) is 18.4 Å². The van der Waals surface area contributed by atoms with Gasteiger partial charge in [0.25, 0.3) is 5.91 Å². The SMILES string of the molecule is O=C(O)N1CC(CN2C(=O)C3(CC3)N=C2c2ccc(Br)cc2)C1. The van der Waals surface area contributed by atoms with Crippen LogP contribution in [-0.4, -0.2) is 57.9 Å². The zero-order chi connectivity index (χ0) is 16.2. The molecule has 1 spiro atoms. The van der Waals surface area contributed by atoms with Gasteiger partial charge in [-0.2, -0.15) is 0 Å². The molecule has 1 aromatic carbocycles. The number of amides is 2. The summed E-state index contributed by atoms with van der Waals surface area (Å²) < 4.78 is 0.981. The maximum Gasteiger partial charge on any atom is 0.407 e. The van der Waals surface area contributed by atoms with Crippen LogP contribution in [0.1, 0.15) is 18.4 Å². The van der Waals surface area contributed by atoms with E-state index < -0.39 is 11.6 Å². The number of nitrogens with zero attached hydrogens (tertiary/aromatic N) is 3. The lowest BCUT2D eigenvalue weighted by Gasteiger charge is -2.39. The van der Waals surface area contributed by atoms with Crippen LogP contribution in [0.4, 0.5) is 4.79 Å². The van der Waals surface area contributed by atoms with Crippen LogP contribution in [0.25, 0.3) is 0 Å². The van der Waals surface area contributed by atoms with Gasteiger partial charge >= 0.3 is 6.09 Å². The number of aliphatic imine (C=N–C) groups is 1. The van der Waals surface area contributed by atoms with E-state index in [2.05, 4.69) is 15.9 Å². The van der Waals surface area contributed by atoms with E-state index in [4.69, 9.17) is 10.1 Å². The summed E-state index contributed by atoms with van der Waals surface area (Å²) in [5.41, 5.74) is 0.401. The number of likely N-dealkylation sites (tertiary alicyclic amines) is 1. The predicted molar refractivity (Wildman–Crippen MR) is 87.4 cm³/mol. The third-order valence-electron chi connectivity index (χ3n) is 4.71. The standard InChI is InChI=1S/C16H16BrN3O3/c17-12-3-1-11(2-4-12)13-18-16(5-6-16)14(21)20(13)9-10-7-19(8-10)15(22)23/h1-4,10H,5-9H2,(H,22,23). The number of amidine groups is 1. The second-order valence-electron chi connectivity index (χ2n) is 6.44. The molecular formula is C16H16BrN3O3. The van der Waals surface area contributed by atoms with E-state index in [0.717, 1.165) is 28.7 Å². The van der Waals surface area contributed by atoms with Crippen molar-refractivity contribution in [1.29, 1.82) is 0 Å². The highest BCUT2D eigenvalue weighted by Gasteiger charge is 2.57. The number of carbonyl (C=O) groups is 2. The summed E-state index contributed by atoms with van der Waals surface area (Å²) >= 11 is 3.42. The molecule has 2 fully saturated rings. The zero-order valence-electron chi connectivity index (χ0n) is 12.4. The van der Waals surface area contributed by atoms with E-state index in [9.17, 15) is 9.59 Å². The van der Waals surface area contributed by atoms with Crippen LogP contribution < -0.4 is 0 Å². The molecule has 2 aliphatic heterocycles. The van der Waals surface area contributed by atoms with Gasteiger partial charge in [0.1, 0.15) is 11.4 Å². The fourth-order valence-corrected chi connectivity index (χ4v) is 3.46. The summed E-state index contributed by atoms with van der Waals surface area (Å²) in [7, 11) is 0. The summed E-state index contributed by atoms with van der Waals surface area (Å²) in [6, 6.07) is 7.78. The molecule has 1 aliphatic carbocycles. The monoisotopic (exact) mass is 377 g/mol. The largest absolute Gasteiger partial charge is 0.465 e. The van der Waals surface area contributed by atoms with Crippen molar-refractivity contribution in [3.05, 3.63) is 34.3 Å². The summed E-state index contributed by atoms with van der Waals surface area (Å²) in [6.07, 6.45) is 0.734. The maximum absolute atomic E-state index is 12.7. The second kappa shape index (κ2) is 5.06. The zero-order valence-corrected chi connectivity index (χ0v) is 14.0. The number of hydrogen-bond donors (Lipinski definition) is 1. The van der Waals surface area contributed by atoms with Gasteiger partial charge in [-0.15, -0.1) is 0 Å². The first-order valence-corrected chi connectivity index (χ1v) is 8.43. The molecule has 0 bridgehead atoms. The van der Waals surface area contributed by atoms with Crippen molar-refractivity contribution in [3.8, 4) is 0 Å². The Kier molecular flexibility index (Phi) is 3.23. The van der Waals surface area contributed by atoms with Gasteiger partial charge in [-0.25, -0.2) is 4.79 Å². The maximum atomic E-state index is 12.7. The minimum atomic E-state index is -0.894. The van der Waals surface area contributed by atoms with Crippen LogP contribution in [0.5, 0.6) is 0 Å². The smallest absolute Gasteiger partial charge is 0.407 e. The van der Waals surface area contributed by atoms with Crippen LogP contribution in [0.3, 0.4) is 0 Å². The molecule has 120 valence electrons. The van der Waals surface area contributed by atoms with E-state index in [1.54, 1.807) is 4.90 Å². The van der Waals surface area contributed by atoms with Crippen molar-refractivity contribution in [2.24, 2.45) is 10.9 Å². The number of carbonyl (C=O) groups excluding carboxylic acids is 1. The Hall–Kier alpha value is -1.89. The lowest BCUT2D eigenvalue weighted by Crippen LogP contribution is -2.54. The Bertz CT molecular complexity index is 706. The van der Waals surface area contributed by atoms with Crippen LogP contribution in [0, 0.1) is 5.92 Å². The van der Waals surface area contributed by atoms with Gasteiger partial charge in [-0.1, -0.05) is 28.1 Å². The molecule has 0 unspecified atom stereocenters. The number of benzene rings is 1. The van der Waals surface area contributed by atoms with Crippen LogP contribution in [0.2, 0.25) is 0 Å². The van der Waals surface area contributed by atoms with E-state index in [0.29, 0.717) is 19.6 Å². The lowest BCUT2D eigenvalue weighted by atomic mass is 9.99. The Morgan fingerprint density at radius 3 is 2.52 bits per heavy atom. The first-order valence-electron chi connectivity index (χ1n) is 7.64. The van der Waals surface area contributed by atoms with Gasteiger partial charge in [-0.3, -0.25) is 14.7 Å². The molecule has 1 saturated carbocycles. The quantitative estimate of drug-likeness (QED) is 0.876. The highest BCUT2D eigenvalue weighted by Crippen LogP contribution is 2.46. The molecule has 23 heavy (non-hydrogen) atoms. The van der Waals surface area contributed by atoms with Gasteiger partial charge in [0, 0.05) is 35.6 Å². The van der Waals surface area contributed by atoms with E-state index in [1.165, 1.54) is 4.90 Å². The van der Waals surface area contributed by atoms with E-state index in [1.807, 2.05) is 24.3 Å². The normalized spacial score (nSPS) is 22.3. The second-order valence-corrected chi connectivity index (χ2v) is 7.36. The molecule has 2 heterocycles. The predicted octanol–water partition coefficient (Wildman–Crippen LogP) is 2.18. The van der Waals surface area contributed by atoms with Crippen molar-refractivity contribution in [2.75, 3.05) is 19.6 Å². The molecule has 3 aliphatic rings. The Morgan fingerprint density at radius 2 is 1.96 bits per heavy atom. The Labute approximate surface area is 141 Å². The van der Waals surface area contributed by atoms with E-state index >= 15 is 0 Å².